The van der Waals surface area contributed by atoms with Gasteiger partial charge in [-0.05, 0) is 35.4 Å². The van der Waals surface area contributed by atoms with Gasteiger partial charge in [0.2, 0.25) is 0 Å². The van der Waals surface area contributed by atoms with E-state index in [0.717, 1.165) is 5.01 Å². The van der Waals surface area contributed by atoms with E-state index in [2.05, 4.69) is 14.7 Å². The number of nitriles is 1. The number of alkyl halides is 3. The van der Waals surface area contributed by atoms with Crippen LogP contribution in [0.1, 0.15) is 15.9 Å². The zero-order chi connectivity index (χ0) is 24.0. The molecule has 12 heteroatoms. The SMILES string of the molecule is N#Cc1cnc(OCCN(N)C(=O)c2cc(-c3ccc(OC(F)(F)F)cc3)ccc2N)nc1. The second kappa shape index (κ2) is 9.84. The Morgan fingerprint density at radius 1 is 1.09 bits per heavy atom. The third-order valence-electron chi connectivity index (χ3n) is 4.29. The van der Waals surface area contributed by atoms with Crippen molar-refractivity contribution in [3.05, 3.63) is 66.0 Å². The van der Waals surface area contributed by atoms with Gasteiger partial charge in [-0.1, -0.05) is 18.2 Å². The fraction of sp³-hybridized carbons (Fsp3) is 0.143. The van der Waals surface area contributed by atoms with Crippen LogP contribution in [0.25, 0.3) is 11.1 Å². The van der Waals surface area contributed by atoms with Crippen LogP contribution in [0.2, 0.25) is 0 Å². The molecule has 9 nitrogen and oxygen atoms in total. The predicted octanol–water partition coefficient (Wildman–Crippen LogP) is 2.89. The number of aromatic nitrogens is 2. The van der Waals surface area contributed by atoms with Crippen LogP contribution in [0, 0.1) is 11.3 Å². The fourth-order valence-corrected chi connectivity index (χ4v) is 2.71. The Morgan fingerprint density at radius 2 is 1.73 bits per heavy atom. The molecule has 3 aromatic rings. The minimum absolute atomic E-state index is 0.0185. The number of hydrazine groups is 1. The molecule has 4 N–H and O–H groups in total. The molecule has 0 bridgehead atoms. The number of carbonyl (C=O) groups excluding carboxylic acids is 1. The number of nitrogen functional groups attached to an aromatic ring is 1. The van der Waals surface area contributed by atoms with Crippen molar-refractivity contribution >= 4 is 11.6 Å². The van der Waals surface area contributed by atoms with E-state index in [1.165, 1.54) is 48.8 Å². The summed E-state index contributed by atoms with van der Waals surface area (Å²) in [4.78, 5) is 20.4. The van der Waals surface area contributed by atoms with Gasteiger partial charge >= 0.3 is 12.4 Å². The molecular formula is C21H17F3N6O3. The lowest BCUT2D eigenvalue weighted by molar-refractivity contribution is -0.274. The Bertz CT molecular complexity index is 1160. The Kier molecular flexibility index (Phi) is 6.94. The minimum atomic E-state index is -4.79. The summed E-state index contributed by atoms with van der Waals surface area (Å²) in [5, 5.41) is 9.63. The van der Waals surface area contributed by atoms with Crippen molar-refractivity contribution in [3.63, 3.8) is 0 Å². The number of hydrogen-bond donors (Lipinski definition) is 2. The standard InChI is InChI=1S/C21H17F3N6O3/c22-21(23,24)33-16-4-1-14(2-5-16)15-3-6-18(26)17(9-15)19(31)30(27)7-8-32-20-28-11-13(10-25)12-29-20/h1-6,9,11-12H,7-8,26-27H2. The molecule has 0 radical (unpaired) electrons. The Hall–Kier alpha value is -4.37. The predicted molar refractivity (Wildman–Crippen MR) is 110 cm³/mol. The molecule has 0 saturated carbocycles. The summed E-state index contributed by atoms with van der Waals surface area (Å²) in [5.74, 6) is 4.89. The molecule has 3 rings (SSSR count). The van der Waals surface area contributed by atoms with Crippen LogP contribution in [0.3, 0.4) is 0 Å². The fourth-order valence-electron chi connectivity index (χ4n) is 2.71. The zero-order valence-electron chi connectivity index (χ0n) is 16.9. The number of carbonyl (C=O) groups is 1. The van der Waals surface area contributed by atoms with Crippen LogP contribution < -0.4 is 21.1 Å². The van der Waals surface area contributed by atoms with Gasteiger partial charge in [0.25, 0.3) is 5.91 Å². The number of anilines is 1. The van der Waals surface area contributed by atoms with E-state index in [4.69, 9.17) is 21.6 Å². The molecule has 0 atom stereocenters. The van der Waals surface area contributed by atoms with E-state index in [9.17, 15) is 18.0 Å². The molecule has 0 aliphatic heterocycles. The molecule has 0 aliphatic carbocycles. The summed E-state index contributed by atoms with van der Waals surface area (Å²) < 4.78 is 46.1. The van der Waals surface area contributed by atoms with Gasteiger partial charge in [0.1, 0.15) is 18.4 Å². The number of amides is 1. The third-order valence-corrected chi connectivity index (χ3v) is 4.29. The topological polar surface area (TPSA) is 140 Å². The Labute approximate surface area is 185 Å². The molecule has 2 aromatic carbocycles. The average molecular weight is 458 g/mol. The summed E-state index contributed by atoms with van der Waals surface area (Å²) >= 11 is 0. The van der Waals surface area contributed by atoms with Gasteiger partial charge in [0, 0.05) is 5.69 Å². The van der Waals surface area contributed by atoms with Crippen LogP contribution in [-0.2, 0) is 0 Å². The van der Waals surface area contributed by atoms with Crippen molar-refractivity contribution in [1.82, 2.24) is 15.0 Å². The smallest absolute Gasteiger partial charge is 0.462 e. The lowest BCUT2D eigenvalue weighted by Crippen LogP contribution is -2.40. The Balaban J connectivity index is 1.66. The summed E-state index contributed by atoms with van der Waals surface area (Å²) in [6.45, 7) is -0.0380. The van der Waals surface area contributed by atoms with E-state index in [-0.39, 0.29) is 41.7 Å². The van der Waals surface area contributed by atoms with Crippen molar-refractivity contribution in [2.75, 3.05) is 18.9 Å². The van der Waals surface area contributed by atoms with Crippen LogP contribution in [-0.4, -0.2) is 40.4 Å². The van der Waals surface area contributed by atoms with E-state index in [1.807, 2.05) is 6.07 Å². The first-order valence-corrected chi connectivity index (χ1v) is 9.33. The number of nitrogens with two attached hydrogens (primary N) is 2. The molecule has 0 spiro atoms. The molecule has 1 aromatic heterocycles. The number of rotatable bonds is 7. The molecule has 0 saturated heterocycles. The molecule has 33 heavy (non-hydrogen) atoms. The van der Waals surface area contributed by atoms with Crippen molar-refractivity contribution < 1.29 is 27.4 Å². The minimum Gasteiger partial charge on any atom is -0.462 e. The van der Waals surface area contributed by atoms with Gasteiger partial charge in [-0.25, -0.2) is 15.8 Å². The highest BCUT2D eigenvalue weighted by molar-refractivity contribution is 6.00. The van der Waals surface area contributed by atoms with E-state index in [1.54, 1.807) is 6.07 Å². The van der Waals surface area contributed by atoms with Crippen molar-refractivity contribution in [1.29, 1.82) is 5.26 Å². The van der Waals surface area contributed by atoms with Crippen LogP contribution in [0.5, 0.6) is 11.8 Å². The number of halogens is 3. The van der Waals surface area contributed by atoms with E-state index < -0.39 is 12.3 Å². The maximum absolute atomic E-state index is 12.7. The highest BCUT2D eigenvalue weighted by Gasteiger charge is 2.31. The maximum atomic E-state index is 12.7. The highest BCUT2D eigenvalue weighted by atomic mass is 19.4. The zero-order valence-corrected chi connectivity index (χ0v) is 16.9. The molecule has 170 valence electrons. The number of benzene rings is 2. The molecular weight excluding hydrogens is 441 g/mol. The van der Waals surface area contributed by atoms with Gasteiger partial charge in [0.15, 0.2) is 0 Å². The largest absolute Gasteiger partial charge is 0.573 e. The van der Waals surface area contributed by atoms with Gasteiger partial charge in [-0.15, -0.1) is 13.2 Å². The summed E-state index contributed by atoms with van der Waals surface area (Å²) in [6, 6.07) is 11.7. The normalized spacial score (nSPS) is 10.9. The third kappa shape index (κ3) is 6.31. The van der Waals surface area contributed by atoms with Gasteiger partial charge < -0.3 is 15.2 Å². The summed E-state index contributed by atoms with van der Waals surface area (Å²) in [6.07, 6.45) is -2.20. The maximum Gasteiger partial charge on any atom is 0.573 e. The van der Waals surface area contributed by atoms with Crippen LogP contribution >= 0.6 is 0 Å². The van der Waals surface area contributed by atoms with Crippen molar-refractivity contribution in [2.24, 2.45) is 5.84 Å². The summed E-state index contributed by atoms with van der Waals surface area (Å²) in [7, 11) is 0. The van der Waals surface area contributed by atoms with Gasteiger partial charge in [0.05, 0.1) is 30.1 Å². The number of ether oxygens (including phenoxy) is 2. The first-order valence-electron chi connectivity index (χ1n) is 9.33. The first kappa shape index (κ1) is 23.3. The van der Waals surface area contributed by atoms with Crippen molar-refractivity contribution in [2.45, 2.75) is 6.36 Å². The van der Waals surface area contributed by atoms with Crippen LogP contribution in [0.4, 0.5) is 18.9 Å². The second-order valence-corrected chi connectivity index (χ2v) is 6.59. The van der Waals surface area contributed by atoms with Gasteiger partial charge in [-0.2, -0.15) is 5.26 Å². The molecule has 1 amide bonds. The average Bonchev–Trinajstić information content (AvgIpc) is 2.79. The highest BCUT2D eigenvalue weighted by Crippen LogP contribution is 2.28. The lowest BCUT2D eigenvalue weighted by Gasteiger charge is -2.18. The van der Waals surface area contributed by atoms with E-state index >= 15 is 0 Å². The van der Waals surface area contributed by atoms with Crippen LogP contribution in [0.15, 0.2) is 54.9 Å². The van der Waals surface area contributed by atoms with Crippen molar-refractivity contribution in [3.8, 4) is 29.0 Å². The summed E-state index contributed by atoms with van der Waals surface area (Å²) in [5.41, 5.74) is 7.57. The molecule has 1 heterocycles. The van der Waals surface area contributed by atoms with E-state index in [0.29, 0.717) is 11.1 Å². The first-order chi connectivity index (χ1) is 15.7. The number of nitrogens with zero attached hydrogens (tertiary/aromatic N) is 4. The quantitative estimate of drug-likeness (QED) is 0.238. The lowest BCUT2D eigenvalue weighted by atomic mass is 10.0. The second-order valence-electron chi connectivity index (χ2n) is 6.59. The Morgan fingerprint density at radius 3 is 2.33 bits per heavy atom. The molecule has 0 aliphatic rings. The number of hydrogen-bond acceptors (Lipinski definition) is 8. The monoisotopic (exact) mass is 458 g/mol. The van der Waals surface area contributed by atoms with Gasteiger partial charge in [-0.3, -0.25) is 9.80 Å². The molecule has 0 fully saturated rings. The molecule has 0 unspecified atom stereocenters.